The van der Waals surface area contributed by atoms with Crippen LogP contribution in [0.2, 0.25) is 10.0 Å². The standard InChI is InChI=1S/C16H15Cl2NO4/c1-9(12-6-5-11(17)8-13(12)18)19-15(20)10(2)23-16(21)14-4-3-7-22-14/h3-10H,1-2H3,(H,19,20)/t9-,10+/m1/s1. The average molecular weight is 356 g/mol. The number of amides is 1. The van der Waals surface area contributed by atoms with Crippen molar-refractivity contribution < 1.29 is 18.7 Å². The van der Waals surface area contributed by atoms with Gasteiger partial charge in [0.15, 0.2) is 6.10 Å². The van der Waals surface area contributed by atoms with Crippen LogP contribution < -0.4 is 5.32 Å². The van der Waals surface area contributed by atoms with Gasteiger partial charge in [-0.3, -0.25) is 4.79 Å². The van der Waals surface area contributed by atoms with Crippen molar-refractivity contribution in [2.45, 2.75) is 26.0 Å². The van der Waals surface area contributed by atoms with Crippen LogP contribution >= 0.6 is 23.2 Å². The van der Waals surface area contributed by atoms with Gasteiger partial charge in [0.25, 0.3) is 5.91 Å². The van der Waals surface area contributed by atoms with Crippen molar-refractivity contribution >= 4 is 35.1 Å². The van der Waals surface area contributed by atoms with Crippen molar-refractivity contribution in [2.24, 2.45) is 0 Å². The van der Waals surface area contributed by atoms with Gasteiger partial charge in [0, 0.05) is 10.0 Å². The van der Waals surface area contributed by atoms with Crippen LogP contribution in [0.5, 0.6) is 0 Å². The fourth-order valence-electron chi connectivity index (χ4n) is 1.93. The number of halogens is 2. The van der Waals surface area contributed by atoms with E-state index < -0.39 is 18.0 Å². The van der Waals surface area contributed by atoms with Crippen molar-refractivity contribution in [2.75, 3.05) is 0 Å². The topological polar surface area (TPSA) is 68.5 Å². The van der Waals surface area contributed by atoms with E-state index in [0.717, 1.165) is 0 Å². The Labute approximate surface area is 143 Å². The summed E-state index contributed by atoms with van der Waals surface area (Å²) in [6, 6.07) is 7.68. The first kappa shape index (κ1) is 17.4. The maximum atomic E-state index is 12.1. The highest BCUT2D eigenvalue weighted by Gasteiger charge is 2.22. The van der Waals surface area contributed by atoms with E-state index in [4.69, 9.17) is 32.4 Å². The van der Waals surface area contributed by atoms with Gasteiger partial charge in [0.05, 0.1) is 12.3 Å². The summed E-state index contributed by atoms with van der Waals surface area (Å²) < 4.78 is 9.96. The number of ether oxygens (including phenoxy) is 1. The molecule has 0 saturated carbocycles. The highest BCUT2D eigenvalue weighted by atomic mass is 35.5. The van der Waals surface area contributed by atoms with Crippen molar-refractivity contribution in [1.29, 1.82) is 0 Å². The zero-order chi connectivity index (χ0) is 17.0. The second kappa shape index (κ2) is 7.53. The maximum Gasteiger partial charge on any atom is 0.374 e. The number of nitrogens with one attached hydrogen (secondary N) is 1. The molecule has 1 aromatic carbocycles. The minimum Gasteiger partial charge on any atom is -0.457 e. The van der Waals surface area contributed by atoms with Crippen LogP contribution in [0.3, 0.4) is 0 Å². The molecule has 23 heavy (non-hydrogen) atoms. The number of hydrogen-bond donors (Lipinski definition) is 1. The molecule has 0 fully saturated rings. The molecule has 0 bridgehead atoms. The second-order valence-corrected chi connectivity index (χ2v) is 5.76. The Kier molecular flexibility index (Phi) is 5.69. The van der Waals surface area contributed by atoms with Crippen LogP contribution in [0.1, 0.15) is 36.0 Å². The summed E-state index contributed by atoms with van der Waals surface area (Å²) in [4.78, 5) is 23.9. The molecule has 2 aromatic rings. The number of rotatable bonds is 5. The lowest BCUT2D eigenvalue weighted by Crippen LogP contribution is -2.37. The summed E-state index contributed by atoms with van der Waals surface area (Å²) in [6.45, 7) is 3.25. The molecule has 0 unspecified atom stereocenters. The van der Waals surface area contributed by atoms with E-state index in [1.807, 2.05) is 0 Å². The lowest BCUT2D eigenvalue weighted by Gasteiger charge is -2.19. The number of carbonyl (C=O) groups is 2. The molecule has 1 amide bonds. The molecule has 7 heteroatoms. The van der Waals surface area contributed by atoms with Crippen LogP contribution in [0, 0.1) is 0 Å². The Bertz CT molecular complexity index is 700. The Morgan fingerprint density at radius 1 is 1.22 bits per heavy atom. The summed E-state index contributed by atoms with van der Waals surface area (Å²) in [5.41, 5.74) is 0.717. The first-order valence-corrected chi connectivity index (χ1v) is 7.64. The third-order valence-corrected chi connectivity index (χ3v) is 3.73. The zero-order valence-corrected chi connectivity index (χ0v) is 14.0. The molecule has 1 aromatic heterocycles. The van der Waals surface area contributed by atoms with E-state index >= 15 is 0 Å². The zero-order valence-electron chi connectivity index (χ0n) is 12.5. The fourth-order valence-corrected chi connectivity index (χ4v) is 2.50. The second-order valence-electron chi connectivity index (χ2n) is 4.92. The lowest BCUT2D eigenvalue weighted by molar-refractivity contribution is -0.129. The van der Waals surface area contributed by atoms with Gasteiger partial charge in [-0.1, -0.05) is 29.3 Å². The van der Waals surface area contributed by atoms with E-state index in [1.54, 1.807) is 31.2 Å². The molecular weight excluding hydrogens is 341 g/mol. The molecule has 5 nitrogen and oxygen atoms in total. The van der Waals surface area contributed by atoms with Gasteiger partial charge in [-0.25, -0.2) is 4.79 Å². The molecular formula is C16H15Cl2NO4. The van der Waals surface area contributed by atoms with Crippen molar-refractivity contribution in [3.8, 4) is 0 Å². The number of furan rings is 1. The molecule has 0 aliphatic carbocycles. The summed E-state index contributed by atoms with van der Waals surface area (Å²) in [7, 11) is 0. The van der Waals surface area contributed by atoms with Crippen LogP contribution in [0.15, 0.2) is 41.0 Å². The Hall–Kier alpha value is -1.98. The molecule has 2 rings (SSSR count). The Balaban J connectivity index is 1.96. The van der Waals surface area contributed by atoms with Gasteiger partial charge >= 0.3 is 5.97 Å². The van der Waals surface area contributed by atoms with E-state index in [2.05, 4.69) is 5.32 Å². The third kappa shape index (κ3) is 4.50. The molecule has 122 valence electrons. The quantitative estimate of drug-likeness (QED) is 0.822. The Morgan fingerprint density at radius 3 is 2.57 bits per heavy atom. The number of esters is 1. The minimum absolute atomic E-state index is 0.0402. The third-order valence-electron chi connectivity index (χ3n) is 3.16. The molecule has 0 aliphatic rings. The molecule has 0 spiro atoms. The van der Waals surface area contributed by atoms with Gasteiger partial charge in [-0.2, -0.15) is 0 Å². The van der Waals surface area contributed by atoms with Gasteiger partial charge in [0.1, 0.15) is 0 Å². The summed E-state index contributed by atoms with van der Waals surface area (Å²) in [5, 5.41) is 3.69. The Morgan fingerprint density at radius 2 is 1.96 bits per heavy atom. The van der Waals surface area contributed by atoms with Crippen molar-refractivity contribution in [3.05, 3.63) is 58.0 Å². The smallest absolute Gasteiger partial charge is 0.374 e. The number of hydrogen-bond acceptors (Lipinski definition) is 4. The van der Waals surface area contributed by atoms with Gasteiger partial charge in [-0.05, 0) is 43.7 Å². The lowest BCUT2D eigenvalue weighted by atomic mass is 10.1. The minimum atomic E-state index is -0.971. The summed E-state index contributed by atoms with van der Waals surface area (Å²) in [5.74, 6) is -1.10. The molecule has 2 atom stereocenters. The van der Waals surface area contributed by atoms with E-state index in [9.17, 15) is 9.59 Å². The number of carbonyl (C=O) groups excluding carboxylic acids is 2. The van der Waals surface area contributed by atoms with E-state index in [-0.39, 0.29) is 11.8 Å². The maximum absolute atomic E-state index is 12.1. The highest BCUT2D eigenvalue weighted by Crippen LogP contribution is 2.26. The summed E-state index contributed by atoms with van der Waals surface area (Å²) >= 11 is 12.0. The van der Waals surface area contributed by atoms with Crippen LogP contribution in [0.4, 0.5) is 0 Å². The summed E-state index contributed by atoms with van der Waals surface area (Å²) in [6.07, 6.45) is 0.382. The number of benzene rings is 1. The molecule has 0 radical (unpaired) electrons. The highest BCUT2D eigenvalue weighted by molar-refractivity contribution is 6.35. The van der Waals surface area contributed by atoms with Crippen LogP contribution in [-0.2, 0) is 9.53 Å². The van der Waals surface area contributed by atoms with E-state index in [1.165, 1.54) is 19.3 Å². The van der Waals surface area contributed by atoms with E-state index in [0.29, 0.717) is 15.6 Å². The van der Waals surface area contributed by atoms with Crippen molar-refractivity contribution in [3.63, 3.8) is 0 Å². The van der Waals surface area contributed by atoms with Gasteiger partial charge in [0.2, 0.25) is 5.76 Å². The van der Waals surface area contributed by atoms with Crippen LogP contribution in [0.25, 0.3) is 0 Å². The largest absolute Gasteiger partial charge is 0.457 e. The predicted molar refractivity (Wildman–Crippen MR) is 86.6 cm³/mol. The monoisotopic (exact) mass is 355 g/mol. The van der Waals surface area contributed by atoms with Crippen molar-refractivity contribution in [1.82, 2.24) is 5.32 Å². The fraction of sp³-hybridized carbons (Fsp3) is 0.250. The average Bonchev–Trinajstić information content (AvgIpc) is 3.01. The first-order chi connectivity index (χ1) is 10.9. The predicted octanol–water partition coefficient (Wildman–Crippen LogP) is 4.01. The first-order valence-electron chi connectivity index (χ1n) is 6.88. The molecule has 0 aliphatic heterocycles. The van der Waals surface area contributed by atoms with Gasteiger partial charge in [-0.15, -0.1) is 0 Å². The van der Waals surface area contributed by atoms with Gasteiger partial charge < -0.3 is 14.5 Å². The molecule has 1 N–H and O–H groups in total. The van der Waals surface area contributed by atoms with Crippen LogP contribution in [-0.4, -0.2) is 18.0 Å². The molecule has 1 heterocycles. The SMILES string of the molecule is C[C@H](OC(=O)c1ccco1)C(=O)N[C@H](C)c1ccc(Cl)cc1Cl. The molecule has 0 saturated heterocycles. The normalized spacial score (nSPS) is 13.2.